The van der Waals surface area contributed by atoms with Crippen LogP contribution in [0.15, 0.2) is 36.7 Å². The van der Waals surface area contributed by atoms with Gasteiger partial charge < -0.3 is 0 Å². The highest BCUT2D eigenvalue weighted by atomic mass is 35.5. The van der Waals surface area contributed by atoms with Crippen molar-refractivity contribution in [3.63, 3.8) is 0 Å². The number of nitrogens with zero attached hydrogens (tertiary/aromatic N) is 1. The number of hydrogen-bond acceptors (Lipinski definition) is 3. The van der Waals surface area contributed by atoms with E-state index in [0.717, 1.165) is 17.5 Å². The van der Waals surface area contributed by atoms with E-state index < -0.39 is 6.04 Å². The second-order valence-electron chi connectivity index (χ2n) is 4.19. The number of aryl methyl sites for hydroxylation is 1. The van der Waals surface area contributed by atoms with Crippen molar-refractivity contribution in [2.45, 2.75) is 19.4 Å². The van der Waals surface area contributed by atoms with Crippen LogP contribution in [-0.4, -0.2) is 4.98 Å². The van der Waals surface area contributed by atoms with Gasteiger partial charge in [-0.05, 0) is 35.7 Å². The molecule has 1 heterocycles. The molecule has 3 nitrogen and oxygen atoms in total. The van der Waals surface area contributed by atoms with Crippen molar-refractivity contribution in [3.05, 3.63) is 64.2 Å². The van der Waals surface area contributed by atoms with Gasteiger partial charge in [0.25, 0.3) is 0 Å². The van der Waals surface area contributed by atoms with Crippen LogP contribution in [0.3, 0.4) is 0 Å². The van der Waals surface area contributed by atoms with Gasteiger partial charge in [-0.1, -0.05) is 24.6 Å². The predicted octanol–water partition coefficient (Wildman–Crippen LogP) is 2.99. The van der Waals surface area contributed by atoms with E-state index in [1.54, 1.807) is 24.5 Å². The van der Waals surface area contributed by atoms with Gasteiger partial charge in [-0.2, -0.15) is 0 Å². The van der Waals surface area contributed by atoms with E-state index in [1.807, 2.05) is 13.0 Å². The largest absolute Gasteiger partial charge is 0.271 e. The van der Waals surface area contributed by atoms with Crippen molar-refractivity contribution in [2.24, 2.45) is 5.84 Å². The summed E-state index contributed by atoms with van der Waals surface area (Å²) in [6, 6.07) is 6.00. The van der Waals surface area contributed by atoms with Crippen LogP contribution in [-0.2, 0) is 6.42 Å². The number of rotatable bonds is 4. The Hall–Kier alpha value is -1.49. The summed E-state index contributed by atoms with van der Waals surface area (Å²) in [4.78, 5) is 4.08. The van der Waals surface area contributed by atoms with Crippen LogP contribution in [0.5, 0.6) is 0 Å². The topological polar surface area (TPSA) is 50.9 Å². The number of nitrogens with two attached hydrogens (primary N) is 1. The molecule has 2 aromatic rings. The van der Waals surface area contributed by atoms with E-state index in [2.05, 4.69) is 10.4 Å². The molecule has 0 aliphatic carbocycles. The predicted molar refractivity (Wildman–Crippen MR) is 74.2 cm³/mol. The summed E-state index contributed by atoms with van der Waals surface area (Å²) in [5.41, 5.74) is 5.07. The van der Waals surface area contributed by atoms with Crippen molar-refractivity contribution < 1.29 is 4.39 Å². The van der Waals surface area contributed by atoms with Gasteiger partial charge in [0.2, 0.25) is 0 Å². The van der Waals surface area contributed by atoms with Crippen LogP contribution in [0.1, 0.15) is 29.7 Å². The molecule has 1 aromatic carbocycles. The Balaban J connectivity index is 2.50. The zero-order chi connectivity index (χ0) is 13.8. The molecule has 0 bridgehead atoms. The van der Waals surface area contributed by atoms with Crippen molar-refractivity contribution in [2.75, 3.05) is 0 Å². The van der Waals surface area contributed by atoms with Crippen molar-refractivity contribution in [1.82, 2.24) is 10.4 Å². The summed E-state index contributed by atoms with van der Waals surface area (Å²) < 4.78 is 14.0. The summed E-state index contributed by atoms with van der Waals surface area (Å²) in [5, 5.41) is 0.363. The average Bonchev–Trinajstić information content (AvgIpc) is 2.42. The second kappa shape index (κ2) is 6.10. The average molecular weight is 280 g/mol. The van der Waals surface area contributed by atoms with Gasteiger partial charge >= 0.3 is 0 Å². The molecule has 100 valence electrons. The Kier molecular flexibility index (Phi) is 4.47. The number of hydrazine groups is 1. The smallest absolute Gasteiger partial charge is 0.129 e. The Morgan fingerprint density at radius 1 is 1.37 bits per heavy atom. The van der Waals surface area contributed by atoms with Gasteiger partial charge in [0, 0.05) is 23.0 Å². The van der Waals surface area contributed by atoms with Gasteiger partial charge in [-0.3, -0.25) is 10.8 Å². The molecule has 0 aliphatic rings. The molecule has 0 saturated heterocycles. The Bertz CT molecular complexity index is 574. The minimum atomic E-state index is -0.421. The lowest BCUT2D eigenvalue weighted by atomic mass is 9.95. The second-order valence-corrected chi connectivity index (χ2v) is 4.63. The number of benzene rings is 1. The number of halogens is 2. The summed E-state index contributed by atoms with van der Waals surface area (Å²) in [6.45, 7) is 2.02. The van der Waals surface area contributed by atoms with Crippen molar-refractivity contribution in [1.29, 1.82) is 0 Å². The number of pyridine rings is 1. The molecule has 0 aliphatic heterocycles. The van der Waals surface area contributed by atoms with Gasteiger partial charge in [-0.25, -0.2) is 9.82 Å². The summed E-state index contributed by atoms with van der Waals surface area (Å²) >= 11 is 5.77. The highest BCUT2D eigenvalue weighted by Gasteiger charge is 2.19. The standard InChI is InChI=1S/C14H15ClFN3/c1-2-9-8-18-6-5-11(9)14(19-17)12-4-3-10(15)7-13(12)16/h3-8,14,19H,2,17H2,1H3. The first-order chi connectivity index (χ1) is 9.17. The van der Waals surface area contributed by atoms with E-state index in [4.69, 9.17) is 17.4 Å². The quantitative estimate of drug-likeness (QED) is 0.668. The van der Waals surface area contributed by atoms with Gasteiger partial charge in [0.05, 0.1) is 6.04 Å². The maximum atomic E-state index is 14.0. The normalized spacial score (nSPS) is 12.4. The van der Waals surface area contributed by atoms with E-state index in [-0.39, 0.29) is 5.82 Å². The van der Waals surface area contributed by atoms with Crippen molar-refractivity contribution >= 4 is 11.6 Å². The van der Waals surface area contributed by atoms with E-state index in [0.29, 0.717) is 10.6 Å². The van der Waals surface area contributed by atoms with Crippen LogP contribution in [0.2, 0.25) is 5.02 Å². The van der Waals surface area contributed by atoms with Crippen LogP contribution < -0.4 is 11.3 Å². The molecule has 0 fully saturated rings. The van der Waals surface area contributed by atoms with Crippen LogP contribution in [0.4, 0.5) is 4.39 Å². The summed E-state index contributed by atoms with van der Waals surface area (Å²) in [7, 11) is 0. The lowest BCUT2D eigenvalue weighted by Crippen LogP contribution is -2.30. The Morgan fingerprint density at radius 3 is 2.79 bits per heavy atom. The third-order valence-corrected chi connectivity index (χ3v) is 3.31. The first-order valence-electron chi connectivity index (χ1n) is 6.01. The molecule has 0 spiro atoms. The molecule has 1 unspecified atom stereocenters. The zero-order valence-corrected chi connectivity index (χ0v) is 11.3. The van der Waals surface area contributed by atoms with Crippen molar-refractivity contribution in [3.8, 4) is 0 Å². The molecule has 1 aromatic heterocycles. The number of hydrogen-bond donors (Lipinski definition) is 2. The number of nitrogens with one attached hydrogen (secondary N) is 1. The fraction of sp³-hybridized carbons (Fsp3) is 0.214. The minimum absolute atomic E-state index is 0.363. The van der Waals surface area contributed by atoms with E-state index in [9.17, 15) is 4.39 Å². The summed E-state index contributed by atoms with van der Waals surface area (Å²) in [6.07, 6.45) is 4.25. The molecule has 19 heavy (non-hydrogen) atoms. The third kappa shape index (κ3) is 2.92. The zero-order valence-electron chi connectivity index (χ0n) is 10.5. The first-order valence-corrected chi connectivity index (χ1v) is 6.39. The lowest BCUT2D eigenvalue weighted by Gasteiger charge is -2.20. The Morgan fingerprint density at radius 2 is 2.16 bits per heavy atom. The van der Waals surface area contributed by atoms with Gasteiger partial charge in [0.15, 0.2) is 0 Å². The molecule has 0 radical (unpaired) electrons. The molecule has 5 heteroatoms. The highest BCUT2D eigenvalue weighted by molar-refractivity contribution is 6.30. The number of aromatic nitrogens is 1. The molecule has 3 N–H and O–H groups in total. The highest BCUT2D eigenvalue weighted by Crippen LogP contribution is 2.27. The van der Waals surface area contributed by atoms with Crippen LogP contribution in [0.25, 0.3) is 0 Å². The maximum absolute atomic E-state index is 14.0. The first kappa shape index (κ1) is 13.9. The molecular formula is C14H15ClFN3. The SMILES string of the molecule is CCc1cnccc1C(NN)c1ccc(Cl)cc1F. The maximum Gasteiger partial charge on any atom is 0.129 e. The third-order valence-electron chi connectivity index (χ3n) is 3.07. The van der Waals surface area contributed by atoms with E-state index >= 15 is 0 Å². The molecular weight excluding hydrogens is 265 g/mol. The van der Waals surface area contributed by atoms with Crippen LogP contribution in [0, 0.1) is 5.82 Å². The molecule has 0 amide bonds. The Labute approximate surface area is 116 Å². The van der Waals surface area contributed by atoms with Gasteiger partial charge in [-0.15, -0.1) is 0 Å². The monoisotopic (exact) mass is 279 g/mol. The minimum Gasteiger partial charge on any atom is -0.271 e. The molecule has 2 rings (SSSR count). The van der Waals surface area contributed by atoms with Gasteiger partial charge in [0.1, 0.15) is 5.82 Å². The van der Waals surface area contributed by atoms with Crippen LogP contribution >= 0.6 is 11.6 Å². The van der Waals surface area contributed by atoms with E-state index in [1.165, 1.54) is 6.07 Å². The fourth-order valence-electron chi connectivity index (χ4n) is 2.10. The molecule has 0 saturated carbocycles. The lowest BCUT2D eigenvalue weighted by molar-refractivity contribution is 0.558. The molecule has 1 atom stereocenters. The summed E-state index contributed by atoms with van der Waals surface area (Å²) in [5.74, 6) is 5.22. The fourth-order valence-corrected chi connectivity index (χ4v) is 2.26.